The number of nitrogens with one attached hydrogen (secondary N) is 2. The van der Waals surface area contributed by atoms with Gasteiger partial charge in [-0.3, -0.25) is 19.2 Å². The topological polar surface area (TPSA) is 139 Å². The SMILES string of the molecule is CC(C)(C)NC(=O)N[C@H](C(=O)N1C[C@]2(C[C@H]1C(=O)CC(CC1CCC1)C(=O)C(N)=O)C(C)(C)C21CCC1)C(C)(C)C. The Kier molecular flexibility index (Phi) is 7.96. The highest BCUT2D eigenvalue weighted by atomic mass is 16.2. The number of hydrogen-bond acceptors (Lipinski definition) is 5. The number of likely N-dealkylation sites (tertiary alicyclic amines) is 1. The fraction of sp³-hybridized carbons (Fsp3) is 0.844. The summed E-state index contributed by atoms with van der Waals surface area (Å²) in [5.41, 5.74) is 4.21. The largest absolute Gasteiger partial charge is 0.363 e. The minimum Gasteiger partial charge on any atom is -0.363 e. The van der Waals surface area contributed by atoms with Crippen molar-refractivity contribution in [2.24, 2.45) is 39.2 Å². The number of ketones is 2. The molecular weight excluding hydrogens is 520 g/mol. The van der Waals surface area contributed by atoms with Gasteiger partial charge in [0.2, 0.25) is 11.7 Å². The van der Waals surface area contributed by atoms with Crippen LogP contribution in [-0.4, -0.2) is 58.5 Å². The quantitative estimate of drug-likeness (QED) is 0.357. The lowest BCUT2D eigenvalue weighted by molar-refractivity contribution is -0.143. The Morgan fingerprint density at radius 2 is 1.56 bits per heavy atom. The second-order valence-electron chi connectivity index (χ2n) is 16.1. The first-order chi connectivity index (χ1) is 18.8. The molecule has 3 aliphatic carbocycles. The van der Waals surface area contributed by atoms with Crippen molar-refractivity contribution in [3.05, 3.63) is 0 Å². The molecule has 1 saturated heterocycles. The zero-order valence-corrected chi connectivity index (χ0v) is 26.4. The molecule has 0 radical (unpaired) electrons. The van der Waals surface area contributed by atoms with E-state index in [4.69, 9.17) is 5.73 Å². The van der Waals surface area contributed by atoms with E-state index in [2.05, 4.69) is 24.5 Å². The van der Waals surface area contributed by atoms with Gasteiger partial charge in [0, 0.05) is 29.8 Å². The van der Waals surface area contributed by atoms with Crippen molar-refractivity contribution >= 4 is 29.4 Å². The van der Waals surface area contributed by atoms with Crippen LogP contribution in [0.2, 0.25) is 0 Å². The summed E-state index contributed by atoms with van der Waals surface area (Å²) in [6.07, 6.45) is 7.32. The van der Waals surface area contributed by atoms with Crippen LogP contribution < -0.4 is 16.4 Å². The van der Waals surface area contributed by atoms with Crippen LogP contribution in [0.3, 0.4) is 0 Å². The maximum Gasteiger partial charge on any atom is 0.315 e. The van der Waals surface area contributed by atoms with Gasteiger partial charge in [0.1, 0.15) is 6.04 Å². The number of primary amides is 1. The van der Waals surface area contributed by atoms with E-state index >= 15 is 0 Å². The standard InChI is InChI=1S/C32H52N4O5/c1-28(2,3)24(34-27(41)35-29(4,5)6)26(40)36-18-32(30(7,8)31(32)13-10-14-31)17-21(36)22(37)16-20(23(38)25(33)39)15-19-11-9-12-19/h19-21,24H,9-18H2,1-8H3,(H2,33,39)(H2,34,35,41)/t20?,21-,24+,32+/m0/s1. The van der Waals surface area contributed by atoms with Gasteiger partial charge in [0.25, 0.3) is 5.91 Å². The first kappa shape index (κ1) is 31.5. The van der Waals surface area contributed by atoms with E-state index in [0.29, 0.717) is 25.3 Å². The fourth-order valence-corrected chi connectivity index (χ4v) is 8.43. The molecule has 0 aromatic heterocycles. The second-order valence-corrected chi connectivity index (χ2v) is 16.1. The Morgan fingerprint density at radius 3 is 1.98 bits per heavy atom. The monoisotopic (exact) mass is 572 g/mol. The van der Waals surface area contributed by atoms with E-state index in [1.54, 1.807) is 4.90 Å². The molecule has 4 amide bonds. The van der Waals surface area contributed by atoms with Crippen LogP contribution in [0.15, 0.2) is 0 Å². The molecule has 0 aromatic rings. The van der Waals surface area contributed by atoms with E-state index < -0.39 is 46.7 Å². The Bertz CT molecular complexity index is 1110. The summed E-state index contributed by atoms with van der Waals surface area (Å²) in [6.45, 7) is 16.3. The van der Waals surface area contributed by atoms with Crippen LogP contribution >= 0.6 is 0 Å². The number of Topliss-reactive ketones (excluding diaryl/α,β-unsaturated/α-hetero) is 2. The van der Waals surface area contributed by atoms with Crippen molar-refractivity contribution in [3.8, 4) is 0 Å². The first-order valence-electron chi connectivity index (χ1n) is 15.5. The maximum absolute atomic E-state index is 14.4. The summed E-state index contributed by atoms with van der Waals surface area (Å²) in [6, 6.07) is -1.99. The third-order valence-electron chi connectivity index (χ3n) is 11.2. The number of amides is 4. The van der Waals surface area contributed by atoms with Gasteiger partial charge >= 0.3 is 6.03 Å². The highest BCUT2D eigenvalue weighted by Gasteiger charge is 2.85. The normalized spacial score (nSPS) is 27.9. The van der Waals surface area contributed by atoms with Crippen LogP contribution in [0.1, 0.15) is 113 Å². The summed E-state index contributed by atoms with van der Waals surface area (Å²) in [4.78, 5) is 67.8. The summed E-state index contributed by atoms with van der Waals surface area (Å²) >= 11 is 0. The van der Waals surface area contributed by atoms with Crippen LogP contribution in [0.4, 0.5) is 4.79 Å². The average molecular weight is 573 g/mol. The highest BCUT2D eigenvalue weighted by Crippen LogP contribution is 2.88. The van der Waals surface area contributed by atoms with Crippen molar-refractivity contribution in [2.45, 2.75) is 131 Å². The first-order valence-corrected chi connectivity index (χ1v) is 15.5. The van der Waals surface area contributed by atoms with Crippen molar-refractivity contribution in [3.63, 3.8) is 0 Å². The minimum atomic E-state index is -1.00. The molecule has 4 rings (SSSR count). The summed E-state index contributed by atoms with van der Waals surface area (Å²) in [5, 5.41) is 5.80. The third-order valence-corrected chi connectivity index (χ3v) is 11.2. The second kappa shape index (κ2) is 10.4. The Labute approximate surface area is 245 Å². The van der Waals surface area contributed by atoms with E-state index in [-0.39, 0.29) is 34.4 Å². The van der Waals surface area contributed by atoms with Crippen molar-refractivity contribution in [1.82, 2.24) is 15.5 Å². The van der Waals surface area contributed by atoms with Gasteiger partial charge in [0.15, 0.2) is 5.78 Å². The van der Waals surface area contributed by atoms with Crippen LogP contribution in [-0.2, 0) is 19.2 Å². The molecule has 0 bridgehead atoms. The number of rotatable bonds is 9. The summed E-state index contributed by atoms with van der Waals surface area (Å²) < 4.78 is 0. The molecule has 9 heteroatoms. The van der Waals surface area contributed by atoms with Crippen molar-refractivity contribution in [2.75, 3.05) is 6.54 Å². The highest BCUT2D eigenvalue weighted by molar-refractivity contribution is 6.36. The minimum absolute atomic E-state index is 0.0194. The van der Waals surface area contributed by atoms with Gasteiger partial charge in [-0.15, -0.1) is 0 Å². The molecule has 41 heavy (non-hydrogen) atoms. The molecule has 2 spiro atoms. The predicted octanol–water partition coefficient (Wildman–Crippen LogP) is 4.12. The molecule has 4 aliphatic rings. The van der Waals surface area contributed by atoms with Gasteiger partial charge in [-0.2, -0.15) is 0 Å². The maximum atomic E-state index is 14.4. The van der Waals surface area contributed by atoms with E-state index in [1.165, 1.54) is 0 Å². The van der Waals surface area contributed by atoms with Gasteiger partial charge in [-0.1, -0.05) is 60.3 Å². The van der Waals surface area contributed by atoms with Gasteiger partial charge in [0.05, 0.1) is 6.04 Å². The molecule has 230 valence electrons. The predicted molar refractivity (Wildman–Crippen MR) is 157 cm³/mol. The molecule has 9 nitrogen and oxygen atoms in total. The Hall–Kier alpha value is -2.45. The van der Waals surface area contributed by atoms with Crippen LogP contribution in [0.5, 0.6) is 0 Å². The van der Waals surface area contributed by atoms with Gasteiger partial charge < -0.3 is 21.3 Å². The number of hydrogen-bond donors (Lipinski definition) is 3. The molecule has 1 unspecified atom stereocenters. The van der Waals surface area contributed by atoms with Crippen molar-refractivity contribution < 1.29 is 24.0 Å². The molecular formula is C32H52N4O5. The smallest absolute Gasteiger partial charge is 0.315 e. The zero-order valence-electron chi connectivity index (χ0n) is 26.4. The zero-order chi connectivity index (χ0) is 30.8. The third kappa shape index (κ3) is 5.42. The molecule has 4 N–H and O–H groups in total. The molecule has 3 saturated carbocycles. The van der Waals surface area contributed by atoms with Gasteiger partial charge in [-0.05, 0) is 68.6 Å². The average Bonchev–Trinajstić information content (AvgIpc) is 3.01. The Balaban J connectivity index is 1.63. The molecule has 4 fully saturated rings. The molecule has 0 aromatic carbocycles. The molecule has 1 aliphatic heterocycles. The summed E-state index contributed by atoms with van der Waals surface area (Å²) in [7, 11) is 0. The molecule has 4 atom stereocenters. The lowest BCUT2D eigenvalue weighted by atomic mass is 9.73. The number of carbonyl (C=O) groups is 5. The fourth-order valence-electron chi connectivity index (χ4n) is 8.43. The number of carbonyl (C=O) groups excluding carboxylic acids is 5. The van der Waals surface area contributed by atoms with E-state index in [1.807, 2.05) is 41.5 Å². The summed E-state index contributed by atoms with van der Waals surface area (Å²) in [5.74, 6) is -2.58. The van der Waals surface area contributed by atoms with Crippen LogP contribution in [0, 0.1) is 33.5 Å². The van der Waals surface area contributed by atoms with E-state index in [9.17, 15) is 24.0 Å². The number of nitrogens with zero attached hydrogens (tertiary/aromatic N) is 1. The number of nitrogens with two attached hydrogens (primary N) is 1. The lowest BCUT2D eigenvalue weighted by Gasteiger charge is -2.36. The molecule has 1 heterocycles. The van der Waals surface area contributed by atoms with Gasteiger partial charge in [-0.25, -0.2) is 4.79 Å². The number of urea groups is 1. The number of fused-ring (bicyclic) bond motifs is 1. The lowest BCUT2D eigenvalue weighted by Crippen LogP contribution is -2.60. The van der Waals surface area contributed by atoms with Crippen LogP contribution in [0.25, 0.3) is 0 Å². The van der Waals surface area contributed by atoms with E-state index in [0.717, 1.165) is 38.5 Å². The van der Waals surface area contributed by atoms with Crippen molar-refractivity contribution in [1.29, 1.82) is 0 Å². The Morgan fingerprint density at radius 1 is 0.951 bits per heavy atom.